The highest BCUT2D eigenvalue weighted by molar-refractivity contribution is 5.94. The van der Waals surface area contributed by atoms with Gasteiger partial charge in [0.05, 0.1) is 11.7 Å². The Labute approximate surface area is 116 Å². The number of nitrogen functional groups attached to an aromatic ring is 1. The van der Waals surface area contributed by atoms with Crippen molar-refractivity contribution in [1.82, 2.24) is 4.98 Å². The third kappa shape index (κ3) is 2.44. The van der Waals surface area contributed by atoms with Crippen molar-refractivity contribution in [1.29, 1.82) is 5.41 Å². The molecule has 1 aromatic heterocycles. The number of pyridine rings is 1. The lowest BCUT2D eigenvalue weighted by molar-refractivity contribution is 0.481. The molecule has 0 bridgehead atoms. The molecule has 0 unspecified atom stereocenters. The highest BCUT2D eigenvalue weighted by Crippen LogP contribution is 2.24. The number of aromatic nitrogens is 1. The molecule has 0 saturated heterocycles. The van der Waals surface area contributed by atoms with E-state index in [9.17, 15) is 0 Å². The Morgan fingerprint density at radius 3 is 2.50 bits per heavy atom. The molecule has 4 nitrogen and oxygen atoms in total. The van der Waals surface area contributed by atoms with Crippen molar-refractivity contribution in [3.8, 4) is 11.5 Å². The number of hydrogen-bond acceptors (Lipinski definition) is 3. The molecule has 0 saturated carbocycles. The van der Waals surface area contributed by atoms with Crippen LogP contribution in [0.2, 0.25) is 0 Å². The van der Waals surface area contributed by atoms with Crippen LogP contribution in [0.15, 0.2) is 60.8 Å². The van der Waals surface area contributed by atoms with Gasteiger partial charge in [0.1, 0.15) is 17.3 Å². The van der Waals surface area contributed by atoms with Gasteiger partial charge in [-0.3, -0.25) is 10.4 Å². The van der Waals surface area contributed by atoms with Gasteiger partial charge in [0.15, 0.2) is 0 Å². The SMILES string of the molecule is N=C(N)c1ccc(Oc2cnc3ccccc3c2)cc1. The van der Waals surface area contributed by atoms with E-state index in [-0.39, 0.29) is 5.84 Å². The average Bonchev–Trinajstić information content (AvgIpc) is 2.48. The van der Waals surface area contributed by atoms with Crippen LogP contribution in [-0.2, 0) is 0 Å². The van der Waals surface area contributed by atoms with Crippen LogP contribution < -0.4 is 10.5 Å². The van der Waals surface area contributed by atoms with Gasteiger partial charge in [0, 0.05) is 10.9 Å². The van der Waals surface area contributed by atoms with E-state index in [1.807, 2.05) is 30.3 Å². The monoisotopic (exact) mass is 263 g/mol. The zero-order valence-electron chi connectivity index (χ0n) is 10.7. The predicted octanol–water partition coefficient (Wildman–Crippen LogP) is 3.31. The second-order valence-corrected chi connectivity index (χ2v) is 4.40. The first-order valence-corrected chi connectivity index (χ1v) is 6.19. The number of nitrogens with one attached hydrogen (secondary N) is 1. The van der Waals surface area contributed by atoms with Crippen LogP contribution in [-0.4, -0.2) is 10.8 Å². The minimum absolute atomic E-state index is 0.0453. The molecule has 0 aliphatic heterocycles. The van der Waals surface area contributed by atoms with E-state index < -0.39 is 0 Å². The summed E-state index contributed by atoms with van der Waals surface area (Å²) >= 11 is 0. The third-order valence-corrected chi connectivity index (χ3v) is 2.97. The second kappa shape index (κ2) is 5.01. The molecule has 2 aromatic carbocycles. The van der Waals surface area contributed by atoms with Gasteiger partial charge in [-0.2, -0.15) is 0 Å². The number of fused-ring (bicyclic) bond motifs is 1. The third-order valence-electron chi connectivity index (χ3n) is 2.97. The summed E-state index contributed by atoms with van der Waals surface area (Å²) in [6, 6.07) is 16.9. The first kappa shape index (κ1) is 12.2. The Morgan fingerprint density at radius 2 is 1.75 bits per heavy atom. The molecule has 0 aliphatic rings. The number of benzene rings is 2. The quantitative estimate of drug-likeness (QED) is 0.562. The molecular formula is C16H13N3O. The fourth-order valence-electron chi connectivity index (χ4n) is 1.95. The molecule has 3 N–H and O–H groups in total. The van der Waals surface area contributed by atoms with Crippen LogP contribution in [0.3, 0.4) is 0 Å². The standard InChI is InChI=1S/C16H13N3O/c17-16(18)11-5-7-13(8-6-11)20-14-9-12-3-1-2-4-15(12)19-10-14/h1-10H,(H3,17,18). The Balaban J connectivity index is 1.87. The minimum Gasteiger partial charge on any atom is -0.456 e. The van der Waals surface area contributed by atoms with Crippen LogP contribution in [0.4, 0.5) is 0 Å². The van der Waals surface area contributed by atoms with Crippen LogP contribution in [0.5, 0.6) is 11.5 Å². The van der Waals surface area contributed by atoms with Gasteiger partial charge in [-0.1, -0.05) is 18.2 Å². The number of nitrogens with two attached hydrogens (primary N) is 1. The normalized spacial score (nSPS) is 10.4. The van der Waals surface area contributed by atoms with Gasteiger partial charge >= 0.3 is 0 Å². The summed E-state index contributed by atoms with van der Waals surface area (Å²) in [5.41, 5.74) is 7.02. The summed E-state index contributed by atoms with van der Waals surface area (Å²) in [5.74, 6) is 1.41. The van der Waals surface area contributed by atoms with Gasteiger partial charge in [-0.25, -0.2) is 0 Å². The molecule has 98 valence electrons. The van der Waals surface area contributed by atoms with Crippen molar-refractivity contribution in [2.75, 3.05) is 0 Å². The van der Waals surface area contributed by atoms with Crippen molar-refractivity contribution in [3.63, 3.8) is 0 Å². The smallest absolute Gasteiger partial charge is 0.146 e. The highest BCUT2D eigenvalue weighted by atomic mass is 16.5. The molecule has 1 heterocycles. The van der Waals surface area contributed by atoms with Crippen molar-refractivity contribution in [3.05, 3.63) is 66.4 Å². The Bertz CT molecular complexity index is 766. The predicted molar refractivity (Wildman–Crippen MR) is 79.3 cm³/mol. The number of nitrogens with zero attached hydrogens (tertiary/aromatic N) is 1. The molecule has 3 rings (SSSR count). The number of rotatable bonds is 3. The zero-order valence-corrected chi connectivity index (χ0v) is 10.7. The van der Waals surface area contributed by atoms with E-state index in [1.54, 1.807) is 30.5 Å². The average molecular weight is 263 g/mol. The highest BCUT2D eigenvalue weighted by Gasteiger charge is 2.01. The summed E-state index contributed by atoms with van der Waals surface area (Å²) in [5, 5.41) is 8.38. The number of amidine groups is 1. The van der Waals surface area contributed by atoms with Crippen LogP contribution in [0, 0.1) is 5.41 Å². The van der Waals surface area contributed by atoms with Crippen molar-refractivity contribution < 1.29 is 4.74 Å². The van der Waals surface area contributed by atoms with Crippen LogP contribution in [0.1, 0.15) is 5.56 Å². The van der Waals surface area contributed by atoms with Gasteiger partial charge in [-0.15, -0.1) is 0 Å². The van der Waals surface area contributed by atoms with E-state index in [1.165, 1.54) is 0 Å². The van der Waals surface area contributed by atoms with E-state index in [2.05, 4.69) is 4.98 Å². The van der Waals surface area contributed by atoms with Crippen molar-refractivity contribution in [2.45, 2.75) is 0 Å². The lowest BCUT2D eigenvalue weighted by Crippen LogP contribution is -2.10. The second-order valence-electron chi connectivity index (χ2n) is 4.40. The summed E-state index contributed by atoms with van der Waals surface area (Å²) in [6.45, 7) is 0. The fourth-order valence-corrected chi connectivity index (χ4v) is 1.95. The first-order valence-electron chi connectivity index (χ1n) is 6.19. The first-order chi connectivity index (χ1) is 9.72. The molecule has 4 heteroatoms. The largest absolute Gasteiger partial charge is 0.456 e. The zero-order chi connectivity index (χ0) is 13.9. The molecule has 0 radical (unpaired) electrons. The summed E-state index contributed by atoms with van der Waals surface area (Å²) < 4.78 is 5.75. The van der Waals surface area contributed by atoms with Gasteiger partial charge < -0.3 is 10.5 Å². The van der Waals surface area contributed by atoms with E-state index in [4.69, 9.17) is 15.9 Å². The molecule has 0 amide bonds. The van der Waals surface area contributed by atoms with Crippen LogP contribution in [0.25, 0.3) is 10.9 Å². The summed E-state index contributed by atoms with van der Waals surface area (Å²) in [7, 11) is 0. The molecular weight excluding hydrogens is 250 g/mol. The fraction of sp³-hybridized carbons (Fsp3) is 0. The number of ether oxygens (including phenoxy) is 1. The Morgan fingerprint density at radius 1 is 1.00 bits per heavy atom. The lowest BCUT2D eigenvalue weighted by Gasteiger charge is -2.07. The van der Waals surface area contributed by atoms with E-state index >= 15 is 0 Å². The molecule has 0 fully saturated rings. The van der Waals surface area contributed by atoms with E-state index in [0.717, 1.165) is 10.9 Å². The summed E-state index contributed by atoms with van der Waals surface area (Å²) in [6.07, 6.45) is 1.70. The van der Waals surface area contributed by atoms with Crippen molar-refractivity contribution >= 4 is 16.7 Å². The number of hydrogen-bond donors (Lipinski definition) is 2. The summed E-state index contributed by atoms with van der Waals surface area (Å²) in [4.78, 5) is 4.34. The van der Waals surface area contributed by atoms with Gasteiger partial charge in [0.2, 0.25) is 0 Å². The molecule has 20 heavy (non-hydrogen) atoms. The van der Waals surface area contributed by atoms with E-state index in [0.29, 0.717) is 17.1 Å². The maximum absolute atomic E-state index is 7.34. The molecule has 0 aliphatic carbocycles. The molecule has 3 aromatic rings. The van der Waals surface area contributed by atoms with Crippen molar-refractivity contribution in [2.24, 2.45) is 5.73 Å². The lowest BCUT2D eigenvalue weighted by atomic mass is 10.2. The topological polar surface area (TPSA) is 72.0 Å². The van der Waals surface area contributed by atoms with Crippen LogP contribution >= 0.6 is 0 Å². The maximum atomic E-state index is 7.34. The molecule has 0 spiro atoms. The molecule has 0 atom stereocenters. The Hall–Kier alpha value is -2.88. The number of para-hydroxylation sites is 1. The maximum Gasteiger partial charge on any atom is 0.146 e. The van der Waals surface area contributed by atoms with Gasteiger partial charge in [-0.05, 0) is 36.4 Å². The Kier molecular flexibility index (Phi) is 3.05. The van der Waals surface area contributed by atoms with Gasteiger partial charge in [0.25, 0.3) is 0 Å². The minimum atomic E-state index is 0.0453.